The van der Waals surface area contributed by atoms with E-state index in [2.05, 4.69) is 40.2 Å². The van der Waals surface area contributed by atoms with Crippen molar-refractivity contribution in [2.45, 2.75) is 12.2 Å². The van der Waals surface area contributed by atoms with Crippen molar-refractivity contribution in [1.82, 2.24) is 0 Å². The molecule has 0 saturated heterocycles. The molecule has 0 unspecified atom stereocenters. The Bertz CT molecular complexity index is 235. The zero-order chi connectivity index (χ0) is 9.52. The average molecular weight is 280 g/mol. The lowest BCUT2D eigenvalue weighted by atomic mass is 10.2. The fourth-order valence-electron chi connectivity index (χ4n) is 0.927. The summed E-state index contributed by atoms with van der Waals surface area (Å²) in [6.07, 6.45) is 1.10. The van der Waals surface area contributed by atoms with Crippen molar-refractivity contribution in [3.8, 4) is 0 Å². The van der Waals surface area contributed by atoms with Crippen molar-refractivity contribution in [3.63, 3.8) is 0 Å². The van der Waals surface area contributed by atoms with Gasteiger partial charge in [-0.05, 0) is 29.9 Å². The third kappa shape index (κ3) is 4.94. The Labute approximate surface area is 97.2 Å². The molecule has 0 aliphatic heterocycles. The lowest BCUT2D eigenvalue weighted by Crippen LogP contribution is -1.84. The van der Waals surface area contributed by atoms with E-state index in [0.717, 1.165) is 28.3 Å². The molecule has 3 heteroatoms. The molecule has 72 valence electrons. The molecule has 0 bridgehead atoms. The van der Waals surface area contributed by atoms with Gasteiger partial charge in [-0.25, -0.2) is 0 Å². The molecular formula is C10H12BrClS. The lowest BCUT2D eigenvalue weighted by molar-refractivity contribution is 1.11. The van der Waals surface area contributed by atoms with Crippen LogP contribution in [0.5, 0.6) is 0 Å². The van der Waals surface area contributed by atoms with Gasteiger partial charge in [0, 0.05) is 16.1 Å². The fraction of sp³-hybridized carbons (Fsp3) is 0.400. The Hall–Kier alpha value is 0.340. The summed E-state index contributed by atoms with van der Waals surface area (Å²) in [5.74, 6) is 3.01. The van der Waals surface area contributed by atoms with E-state index in [4.69, 9.17) is 11.6 Å². The molecule has 1 aromatic carbocycles. The van der Waals surface area contributed by atoms with Crippen LogP contribution in [0.15, 0.2) is 28.7 Å². The molecular weight excluding hydrogens is 268 g/mol. The Morgan fingerprint density at radius 1 is 1.23 bits per heavy atom. The highest BCUT2D eigenvalue weighted by Gasteiger charge is 1.93. The molecule has 1 rings (SSSR count). The zero-order valence-electron chi connectivity index (χ0n) is 7.30. The normalized spacial score (nSPS) is 10.3. The number of hydrogen-bond donors (Lipinski definition) is 0. The van der Waals surface area contributed by atoms with Gasteiger partial charge in [-0.3, -0.25) is 0 Å². The smallest absolute Gasteiger partial charge is 0.0231 e. The molecule has 0 nitrogen and oxygen atoms in total. The molecule has 0 radical (unpaired) electrons. The van der Waals surface area contributed by atoms with Crippen molar-refractivity contribution in [1.29, 1.82) is 0 Å². The van der Waals surface area contributed by atoms with Crippen LogP contribution >= 0.6 is 39.3 Å². The van der Waals surface area contributed by atoms with E-state index in [0.29, 0.717) is 0 Å². The van der Waals surface area contributed by atoms with E-state index in [1.807, 2.05) is 11.8 Å². The van der Waals surface area contributed by atoms with Gasteiger partial charge in [-0.1, -0.05) is 28.1 Å². The van der Waals surface area contributed by atoms with Crippen LogP contribution in [-0.2, 0) is 5.75 Å². The minimum absolute atomic E-state index is 0.771. The first-order valence-corrected chi connectivity index (χ1v) is 6.69. The van der Waals surface area contributed by atoms with Crippen LogP contribution in [0.25, 0.3) is 0 Å². The van der Waals surface area contributed by atoms with Crippen molar-refractivity contribution in [2.24, 2.45) is 0 Å². The van der Waals surface area contributed by atoms with E-state index >= 15 is 0 Å². The summed E-state index contributed by atoms with van der Waals surface area (Å²) in [7, 11) is 0. The van der Waals surface area contributed by atoms with Gasteiger partial charge in [0.2, 0.25) is 0 Å². The summed E-state index contributed by atoms with van der Waals surface area (Å²) < 4.78 is 1.14. The highest BCUT2D eigenvalue weighted by molar-refractivity contribution is 9.10. The van der Waals surface area contributed by atoms with E-state index in [1.165, 1.54) is 5.56 Å². The Morgan fingerprint density at radius 2 is 1.92 bits per heavy atom. The largest absolute Gasteiger partial charge is 0.157 e. The van der Waals surface area contributed by atoms with Crippen molar-refractivity contribution >= 4 is 39.3 Å². The molecule has 1 aromatic rings. The molecule has 0 fully saturated rings. The quantitative estimate of drug-likeness (QED) is 0.572. The van der Waals surface area contributed by atoms with Gasteiger partial charge in [0.05, 0.1) is 0 Å². The van der Waals surface area contributed by atoms with Crippen LogP contribution in [0, 0.1) is 0 Å². The fourth-order valence-corrected chi connectivity index (χ4v) is 2.40. The molecule has 13 heavy (non-hydrogen) atoms. The Balaban J connectivity index is 2.25. The van der Waals surface area contributed by atoms with E-state index in [1.54, 1.807) is 0 Å². The molecule has 0 aliphatic rings. The first-order chi connectivity index (χ1) is 6.33. The number of halogens is 2. The SMILES string of the molecule is ClCCCSCc1ccc(Br)cc1. The van der Waals surface area contributed by atoms with Gasteiger partial charge < -0.3 is 0 Å². The minimum Gasteiger partial charge on any atom is -0.157 e. The summed E-state index contributed by atoms with van der Waals surface area (Å²) >= 11 is 10.9. The Morgan fingerprint density at radius 3 is 2.54 bits per heavy atom. The molecule has 0 N–H and O–H groups in total. The molecule has 0 spiro atoms. The molecule has 0 saturated carbocycles. The van der Waals surface area contributed by atoms with Crippen LogP contribution in [-0.4, -0.2) is 11.6 Å². The van der Waals surface area contributed by atoms with Crippen LogP contribution in [0.3, 0.4) is 0 Å². The third-order valence-electron chi connectivity index (χ3n) is 1.60. The lowest BCUT2D eigenvalue weighted by Gasteiger charge is -2.00. The highest BCUT2D eigenvalue weighted by atomic mass is 79.9. The maximum atomic E-state index is 5.58. The predicted octanol–water partition coefficient (Wildman–Crippen LogP) is 4.31. The van der Waals surface area contributed by atoms with Crippen LogP contribution in [0.2, 0.25) is 0 Å². The first kappa shape index (κ1) is 11.4. The van der Waals surface area contributed by atoms with Crippen molar-refractivity contribution in [3.05, 3.63) is 34.3 Å². The zero-order valence-corrected chi connectivity index (χ0v) is 10.5. The van der Waals surface area contributed by atoms with E-state index in [-0.39, 0.29) is 0 Å². The minimum atomic E-state index is 0.771. The van der Waals surface area contributed by atoms with Gasteiger partial charge in [0.15, 0.2) is 0 Å². The molecule has 0 aromatic heterocycles. The molecule has 0 atom stereocenters. The third-order valence-corrected chi connectivity index (χ3v) is 3.52. The summed E-state index contributed by atoms with van der Waals surface area (Å²) in [5, 5.41) is 0. The molecule has 0 heterocycles. The summed E-state index contributed by atoms with van der Waals surface area (Å²) in [6, 6.07) is 8.46. The maximum absolute atomic E-state index is 5.58. The average Bonchev–Trinajstić information content (AvgIpc) is 2.15. The topological polar surface area (TPSA) is 0 Å². The second-order valence-corrected chi connectivity index (χ2v) is 5.12. The van der Waals surface area contributed by atoms with Gasteiger partial charge in [-0.15, -0.1) is 11.6 Å². The van der Waals surface area contributed by atoms with Gasteiger partial charge in [0.1, 0.15) is 0 Å². The van der Waals surface area contributed by atoms with Gasteiger partial charge >= 0.3 is 0 Å². The summed E-state index contributed by atoms with van der Waals surface area (Å²) in [5.41, 5.74) is 1.38. The predicted molar refractivity (Wildman–Crippen MR) is 65.6 cm³/mol. The van der Waals surface area contributed by atoms with Crippen LogP contribution in [0.1, 0.15) is 12.0 Å². The maximum Gasteiger partial charge on any atom is 0.0231 e. The van der Waals surface area contributed by atoms with Gasteiger partial charge in [-0.2, -0.15) is 11.8 Å². The Kier molecular flexibility index (Phi) is 5.92. The van der Waals surface area contributed by atoms with Crippen molar-refractivity contribution < 1.29 is 0 Å². The second kappa shape index (κ2) is 6.74. The second-order valence-electron chi connectivity index (χ2n) is 2.72. The standard InChI is InChI=1S/C10H12BrClS/c11-10-4-2-9(3-5-10)8-13-7-1-6-12/h2-5H,1,6-8H2. The number of alkyl halides is 1. The monoisotopic (exact) mass is 278 g/mol. The van der Waals surface area contributed by atoms with E-state index < -0.39 is 0 Å². The number of benzene rings is 1. The van der Waals surface area contributed by atoms with Gasteiger partial charge in [0.25, 0.3) is 0 Å². The molecule has 0 amide bonds. The van der Waals surface area contributed by atoms with Crippen LogP contribution < -0.4 is 0 Å². The van der Waals surface area contributed by atoms with E-state index in [9.17, 15) is 0 Å². The number of hydrogen-bond acceptors (Lipinski definition) is 1. The molecule has 0 aliphatic carbocycles. The first-order valence-electron chi connectivity index (χ1n) is 4.21. The summed E-state index contributed by atoms with van der Waals surface area (Å²) in [4.78, 5) is 0. The highest BCUT2D eigenvalue weighted by Crippen LogP contribution is 2.16. The summed E-state index contributed by atoms with van der Waals surface area (Å²) in [6.45, 7) is 0. The van der Waals surface area contributed by atoms with Crippen molar-refractivity contribution in [2.75, 3.05) is 11.6 Å². The van der Waals surface area contributed by atoms with Crippen LogP contribution in [0.4, 0.5) is 0 Å². The number of thioether (sulfide) groups is 1. The number of rotatable bonds is 5.